The molecule has 1 aliphatic heterocycles. The van der Waals surface area contributed by atoms with Gasteiger partial charge in [-0.1, -0.05) is 185 Å². The molecule has 59 heavy (non-hydrogen) atoms. The van der Waals surface area contributed by atoms with Gasteiger partial charge in [-0.05, 0) is 65.2 Å². The molecule has 3 heterocycles. The topological polar surface area (TPSA) is 35.0 Å². The number of benzene rings is 5. The molecule has 6 heteroatoms. The molecular weight excluding hydrogens is 897 g/mol. The van der Waals surface area contributed by atoms with E-state index in [-0.39, 0.29) is 63.9 Å². The minimum absolute atomic E-state index is 0. The Morgan fingerprint density at radius 3 is 1.64 bits per heavy atom. The van der Waals surface area contributed by atoms with E-state index in [0.29, 0.717) is 22.8 Å². The fourth-order valence-electron chi connectivity index (χ4n) is 9.07. The Morgan fingerprint density at radius 2 is 1.07 bits per heavy atom. The summed E-state index contributed by atoms with van der Waals surface area (Å²) in [5, 5.41) is 0. The van der Waals surface area contributed by atoms with Crippen molar-refractivity contribution in [1.29, 1.82) is 0 Å². The average Bonchev–Trinajstić information content (AvgIpc) is 3.25. The second-order valence-electron chi connectivity index (χ2n) is 16.8. The molecule has 7 aromatic rings. The third kappa shape index (κ3) is 8.16. The molecule has 0 unspecified atom stereocenters. The van der Waals surface area contributed by atoms with E-state index >= 15 is 0 Å². The first-order chi connectivity index (χ1) is 29.2. The zero-order valence-corrected chi connectivity index (χ0v) is 37.5. The maximum Gasteiger partial charge on any atom is 2.00 e. The van der Waals surface area contributed by atoms with E-state index in [1.165, 1.54) is 44.1 Å². The van der Waals surface area contributed by atoms with E-state index in [1.807, 2.05) is 42.5 Å². The van der Waals surface area contributed by atoms with Crippen LogP contribution in [0.5, 0.6) is 11.5 Å². The van der Waals surface area contributed by atoms with E-state index < -0.39 is 6.85 Å². The molecule has 0 aliphatic carbocycles. The molecular formula is C53H52B2N2OPt. The fourth-order valence-corrected chi connectivity index (χ4v) is 9.07. The van der Waals surface area contributed by atoms with Gasteiger partial charge in [0.25, 0.3) is 0 Å². The first-order valence-corrected chi connectivity index (χ1v) is 20.8. The normalized spacial score (nSPS) is 13.2. The van der Waals surface area contributed by atoms with Crippen LogP contribution in [0.4, 0.5) is 0 Å². The minimum Gasteiger partial charge on any atom is -0.497 e. The quantitative estimate of drug-likeness (QED) is 0.101. The average molecular weight is 953 g/mol. The molecule has 0 atom stereocenters. The SMILES string of the molecule is [2H]C([2H])([2H])c1cccc(-c2[c-]c(Oc3[c-]c(-c4ccccn4)ccc3)c3c(c2)B(c2c(C(C)C)cccc2C(C)C)c2ccccc2B3c2c(C(C)C)cccc2C(C)C)n1.[Pt+2]. The second kappa shape index (κ2) is 17.7. The number of pyridine rings is 2. The Kier molecular flexibility index (Phi) is 11.5. The standard InChI is InChI=1S/C53H52B2N2O.Pt/c1-33(2)41-21-16-22-42(34(3)4)51(41)54-45-25-10-11-26-46(45)55(52-43(35(5)6)23-17-24-44(52)36(7)8)53-47(54)31-39(49-28-14-18-37(9)57-49)32-50(53)58-40-20-15-19-38(30-40)48-27-12-13-29-56-48;/h10-29,31,33-36H,1-9H3;/q-2;+2/i9D3;. The summed E-state index contributed by atoms with van der Waals surface area (Å²) < 4.78 is 32.1. The molecule has 1 aliphatic rings. The Morgan fingerprint density at radius 1 is 0.525 bits per heavy atom. The van der Waals surface area contributed by atoms with Crippen molar-refractivity contribution in [3.8, 4) is 34.0 Å². The van der Waals surface area contributed by atoms with Crippen LogP contribution in [0.2, 0.25) is 0 Å². The smallest absolute Gasteiger partial charge is 0.497 e. The number of aromatic nitrogens is 2. The van der Waals surface area contributed by atoms with Crippen LogP contribution < -0.4 is 37.5 Å². The van der Waals surface area contributed by atoms with Gasteiger partial charge in [-0.2, -0.15) is 5.46 Å². The molecule has 296 valence electrons. The van der Waals surface area contributed by atoms with Crippen LogP contribution in [-0.4, -0.2) is 23.4 Å². The molecule has 2 aromatic heterocycles. The van der Waals surface area contributed by atoms with Crippen molar-refractivity contribution in [1.82, 2.24) is 9.97 Å². The Labute approximate surface area is 371 Å². The maximum absolute atomic E-state index is 8.28. The summed E-state index contributed by atoms with van der Waals surface area (Å²) in [6.07, 6.45) is 1.78. The maximum atomic E-state index is 8.28. The molecule has 5 aromatic carbocycles. The fraction of sp³-hybridized carbons (Fsp3) is 0.245. The number of hydrogen-bond donors (Lipinski definition) is 0. The van der Waals surface area contributed by atoms with Gasteiger partial charge in [0.2, 0.25) is 6.71 Å². The Balaban J connectivity index is 0.00000578. The number of rotatable bonds is 10. The van der Waals surface area contributed by atoms with Crippen molar-refractivity contribution in [2.24, 2.45) is 0 Å². The summed E-state index contributed by atoms with van der Waals surface area (Å²) in [5.41, 5.74) is 15.3. The Bertz CT molecular complexity index is 2660. The van der Waals surface area contributed by atoms with E-state index in [0.717, 1.165) is 22.2 Å². The summed E-state index contributed by atoms with van der Waals surface area (Å²) in [5.74, 6) is 2.10. The van der Waals surface area contributed by atoms with E-state index in [2.05, 4.69) is 139 Å². The monoisotopic (exact) mass is 952 g/mol. The van der Waals surface area contributed by atoms with Gasteiger partial charge in [0.1, 0.15) is 0 Å². The molecule has 0 spiro atoms. The van der Waals surface area contributed by atoms with Gasteiger partial charge in [-0.25, -0.2) is 0 Å². The van der Waals surface area contributed by atoms with Crippen LogP contribution in [0, 0.1) is 19.0 Å². The van der Waals surface area contributed by atoms with Gasteiger partial charge in [0.05, 0.1) is 0 Å². The summed E-state index contributed by atoms with van der Waals surface area (Å²) in [6.45, 7) is 15.5. The van der Waals surface area contributed by atoms with Crippen LogP contribution in [-0.2, 0) is 21.1 Å². The van der Waals surface area contributed by atoms with Crippen molar-refractivity contribution in [3.05, 3.63) is 168 Å². The van der Waals surface area contributed by atoms with Crippen LogP contribution in [0.25, 0.3) is 22.5 Å². The van der Waals surface area contributed by atoms with E-state index in [9.17, 15) is 0 Å². The predicted octanol–water partition coefficient (Wildman–Crippen LogP) is 9.35. The summed E-state index contributed by atoms with van der Waals surface area (Å²) in [4.78, 5) is 9.40. The molecule has 8 rings (SSSR count). The van der Waals surface area contributed by atoms with Gasteiger partial charge in [-0.3, -0.25) is 0 Å². The molecule has 0 N–H and O–H groups in total. The summed E-state index contributed by atoms with van der Waals surface area (Å²) >= 11 is 0. The van der Waals surface area contributed by atoms with Crippen LogP contribution in [0.15, 0.2) is 128 Å². The largest absolute Gasteiger partial charge is 2.00 e. The van der Waals surface area contributed by atoms with Crippen molar-refractivity contribution in [2.75, 3.05) is 0 Å². The number of hydrogen-bond acceptors (Lipinski definition) is 3. The number of fused-ring (bicyclic) bond motifs is 2. The molecule has 0 saturated heterocycles. The van der Waals surface area contributed by atoms with Crippen LogP contribution in [0.3, 0.4) is 0 Å². The first kappa shape index (κ1) is 38.2. The van der Waals surface area contributed by atoms with E-state index in [1.54, 1.807) is 18.3 Å². The zero-order valence-electron chi connectivity index (χ0n) is 38.2. The van der Waals surface area contributed by atoms with Gasteiger partial charge in [0.15, 0.2) is 6.71 Å². The van der Waals surface area contributed by atoms with Gasteiger partial charge in [-0.15, -0.1) is 40.9 Å². The van der Waals surface area contributed by atoms with E-state index in [4.69, 9.17) is 13.8 Å². The van der Waals surface area contributed by atoms with Crippen molar-refractivity contribution in [2.45, 2.75) is 85.9 Å². The summed E-state index contributed by atoms with van der Waals surface area (Å²) in [7, 11) is 0. The van der Waals surface area contributed by atoms with Gasteiger partial charge < -0.3 is 14.7 Å². The van der Waals surface area contributed by atoms with Gasteiger partial charge >= 0.3 is 21.1 Å². The zero-order chi connectivity index (χ0) is 43.2. The second-order valence-corrected chi connectivity index (χ2v) is 16.8. The number of ether oxygens (including phenoxy) is 1. The van der Waals surface area contributed by atoms with Crippen LogP contribution >= 0.6 is 0 Å². The minimum atomic E-state index is -2.38. The first-order valence-electron chi connectivity index (χ1n) is 22.3. The number of nitrogens with zero attached hydrogens (tertiary/aromatic N) is 2. The molecule has 0 bridgehead atoms. The van der Waals surface area contributed by atoms with Crippen molar-refractivity contribution >= 4 is 46.2 Å². The molecule has 0 radical (unpaired) electrons. The van der Waals surface area contributed by atoms with Crippen LogP contribution in [0.1, 0.15) is 111 Å². The molecule has 0 amide bonds. The Hall–Kier alpha value is -4.98. The third-order valence-corrected chi connectivity index (χ3v) is 11.7. The van der Waals surface area contributed by atoms with Crippen molar-refractivity contribution in [3.63, 3.8) is 0 Å². The molecule has 0 fully saturated rings. The summed E-state index contributed by atoms with van der Waals surface area (Å²) in [6, 6.07) is 49.0. The number of aryl methyl sites for hydroxylation is 1. The molecule has 3 nitrogen and oxygen atoms in total. The predicted molar refractivity (Wildman–Crippen MR) is 247 cm³/mol. The van der Waals surface area contributed by atoms with Crippen molar-refractivity contribution < 1.29 is 29.9 Å². The molecule has 0 saturated carbocycles. The van der Waals surface area contributed by atoms with Gasteiger partial charge in [0, 0.05) is 27.5 Å². The third-order valence-electron chi connectivity index (χ3n) is 11.7.